The zero-order valence-electron chi connectivity index (χ0n) is 11.4. The fourth-order valence-electron chi connectivity index (χ4n) is 2.39. The van der Waals surface area contributed by atoms with Gasteiger partial charge in [0.2, 0.25) is 0 Å². The minimum absolute atomic E-state index is 0.487. The molecule has 0 saturated heterocycles. The van der Waals surface area contributed by atoms with Crippen LogP contribution in [0, 0.1) is 0 Å². The maximum Gasteiger partial charge on any atom is 0.0489 e. The number of benzene rings is 1. The van der Waals surface area contributed by atoms with Crippen molar-refractivity contribution in [3.63, 3.8) is 0 Å². The normalized spacial score (nSPS) is 11.6. The number of thioether (sulfide) groups is 1. The summed E-state index contributed by atoms with van der Waals surface area (Å²) in [4.78, 5) is 0. The van der Waals surface area contributed by atoms with Gasteiger partial charge in [-0.2, -0.15) is 11.8 Å². The van der Waals surface area contributed by atoms with E-state index in [0.29, 0.717) is 12.6 Å². The summed E-state index contributed by atoms with van der Waals surface area (Å²) in [6.45, 7) is 7.27. The quantitative estimate of drug-likeness (QED) is 0.885. The molecular weight excluding hydrogens is 240 g/mol. The highest BCUT2D eigenvalue weighted by molar-refractivity contribution is 7.98. The molecule has 2 rings (SSSR count). The van der Waals surface area contributed by atoms with E-state index in [9.17, 15) is 0 Å². The lowest BCUT2D eigenvalue weighted by atomic mass is 10.1. The molecule has 1 aromatic heterocycles. The van der Waals surface area contributed by atoms with E-state index in [1.165, 1.54) is 22.0 Å². The summed E-state index contributed by atoms with van der Waals surface area (Å²) >= 11 is 1.97. The van der Waals surface area contributed by atoms with Crippen molar-refractivity contribution in [2.75, 3.05) is 5.75 Å². The van der Waals surface area contributed by atoms with Gasteiger partial charge in [-0.15, -0.1) is 0 Å². The van der Waals surface area contributed by atoms with Crippen molar-refractivity contribution in [2.45, 2.75) is 39.1 Å². The molecule has 0 aliphatic carbocycles. The maximum absolute atomic E-state index is 5.88. The average molecular weight is 262 g/mol. The van der Waals surface area contributed by atoms with Gasteiger partial charge in [-0.25, -0.2) is 0 Å². The first-order valence-electron chi connectivity index (χ1n) is 6.58. The Morgan fingerprint density at radius 2 is 2.06 bits per heavy atom. The minimum atomic E-state index is 0.487. The van der Waals surface area contributed by atoms with Crippen molar-refractivity contribution in [3.8, 4) is 0 Å². The predicted molar refractivity (Wildman–Crippen MR) is 82.1 cm³/mol. The molecular formula is C15H22N2S. The standard InChI is InChI=1S/C15H22N2S/c1-4-18-10-13-9-17(11(2)3)14-7-5-6-12(8-16)15(13)14/h5-7,9,11H,4,8,10,16H2,1-3H3. The summed E-state index contributed by atoms with van der Waals surface area (Å²) < 4.78 is 2.36. The topological polar surface area (TPSA) is 30.9 Å². The summed E-state index contributed by atoms with van der Waals surface area (Å²) in [5.41, 5.74) is 9.89. The van der Waals surface area contributed by atoms with Gasteiger partial charge in [0.05, 0.1) is 0 Å². The Morgan fingerprint density at radius 1 is 1.28 bits per heavy atom. The molecule has 2 aromatic rings. The SMILES string of the molecule is CCSCc1cn(C(C)C)c2cccc(CN)c12. The van der Waals surface area contributed by atoms with Crippen LogP contribution in [0.25, 0.3) is 10.9 Å². The lowest BCUT2D eigenvalue weighted by Gasteiger charge is -2.09. The molecule has 0 unspecified atom stereocenters. The highest BCUT2D eigenvalue weighted by Crippen LogP contribution is 2.30. The maximum atomic E-state index is 5.88. The Bertz CT molecular complexity index is 529. The third-order valence-corrected chi connectivity index (χ3v) is 4.18. The summed E-state index contributed by atoms with van der Waals surface area (Å²) in [7, 11) is 0. The van der Waals surface area contributed by atoms with Gasteiger partial charge in [0.15, 0.2) is 0 Å². The average Bonchev–Trinajstić information content (AvgIpc) is 2.75. The summed E-state index contributed by atoms with van der Waals surface area (Å²) in [5, 5.41) is 1.37. The molecule has 2 N–H and O–H groups in total. The number of aromatic nitrogens is 1. The minimum Gasteiger partial charge on any atom is -0.345 e. The number of nitrogens with zero attached hydrogens (tertiary/aromatic N) is 1. The molecule has 0 fully saturated rings. The Labute approximate surface area is 114 Å². The first-order valence-corrected chi connectivity index (χ1v) is 7.73. The summed E-state index contributed by atoms with van der Waals surface area (Å²) in [5.74, 6) is 2.23. The van der Waals surface area contributed by atoms with Crippen LogP contribution in [0.15, 0.2) is 24.4 Å². The molecule has 0 radical (unpaired) electrons. The molecule has 0 saturated carbocycles. The highest BCUT2D eigenvalue weighted by Gasteiger charge is 2.12. The zero-order chi connectivity index (χ0) is 13.1. The number of hydrogen-bond donors (Lipinski definition) is 1. The summed E-state index contributed by atoms with van der Waals surface area (Å²) in [6.07, 6.45) is 2.30. The van der Waals surface area contributed by atoms with E-state index in [-0.39, 0.29) is 0 Å². The molecule has 2 nitrogen and oxygen atoms in total. The molecule has 0 aliphatic heterocycles. The Kier molecular flexibility index (Phi) is 4.36. The third kappa shape index (κ3) is 2.43. The van der Waals surface area contributed by atoms with Crippen LogP contribution in [0.1, 0.15) is 37.9 Å². The van der Waals surface area contributed by atoms with E-state index in [1.54, 1.807) is 0 Å². The van der Waals surface area contributed by atoms with Crippen molar-refractivity contribution in [1.82, 2.24) is 4.57 Å². The third-order valence-electron chi connectivity index (χ3n) is 3.26. The molecule has 0 amide bonds. The van der Waals surface area contributed by atoms with E-state index in [1.807, 2.05) is 11.8 Å². The van der Waals surface area contributed by atoms with Crippen LogP contribution in [0.3, 0.4) is 0 Å². The van der Waals surface area contributed by atoms with Gasteiger partial charge in [-0.05, 0) is 36.8 Å². The van der Waals surface area contributed by atoms with E-state index < -0.39 is 0 Å². The first-order chi connectivity index (χ1) is 8.69. The van der Waals surface area contributed by atoms with Gasteiger partial charge in [-0.1, -0.05) is 19.1 Å². The second-order valence-electron chi connectivity index (χ2n) is 4.81. The molecule has 1 heterocycles. The van der Waals surface area contributed by atoms with Gasteiger partial charge in [-0.3, -0.25) is 0 Å². The second-order valence-corrected chi connectivity index (χ2v) is 6.08. The van der Waals surface area contributed by atoms with E-state index in [4.69, 9.17) is 5.73 Å². The fourth-order valence-corrected chi connectivity index (χ4v) is 3.04. The van der Waals surface area contributed by atoms with Gasteiger partial charge in [0.1, 0.15) is 0 Å². The van der Waals surface area contributed by atoms with Crippen LogP contribution in [-0.4, -0.2) is 10.3 Å². The number of fused-ring (bicyclic) bond motifs is 1. The highest BCUT2D eigenvalue weighted by atomic mass is 32.2. The lowest BCUT2D eigenvalue weighted by Crippen LogP contribution is -2.00. The van der Waals surface area contributed by atoms with Crippen LogP contribution in [-0.2, 0) is 12.3 Å². The predicted octanol–water partition coefficient (Wildman–Crippen LogP) is 3.93. The molecule has 0 aliphatic rings. The van der Waals surface area contributed by atoms with Crippen LogP contribution in [0.2, 0.25) is 0 Å². The number of rotatable bonds is 5. The largest absolute Gasteiger partial charge is 0.345 e. The van der Waals surface area contributed by atoms with E-state index in [0.717, 1.165) is 11.5 Å². The van der Waals surface area contributed by atoms with Crippen LogP contribution >= 0.6 is 11.8 Å². The lowest BCUT2D eigenvalue weighted by molar-refractivity contribution is 0.621. The van der Waals surface area contributed by atoms with Crippen LogP contribution in [0.4, 0.5) is 0 Å². The molecule has 18 heavy (non-hydrogen) atoms. The molecule has 1 aromatic carbocycles. The molecule has 0 spiro atoms. The molecule has 3 heteroatoms. The van der Waals surface area contributed by atoms with Gasteiger partial charge >= 0.3 is 0 Å². The number of nitrogens with two attached hydrogens (primary N) is 1. The van der Waals surface area contributed by atoms with E-state index in [2.05, 4.69) is 49.7 Å². The summed E-state index contributed by atoms with van der Waals surface area (Å²) in [6, 6.07) is 6.95. The van der Waals surface area contributed by atoms with Crippen molar-refractivity contribution < 1.29 is 0 Å². The second kappa shape index (κ2) is 5.81. The zero-order valence-corrected chi connectivity index (χ0v) is 12.3. The Morgan fingerprint density at radius 3 is 2.67 bits per heavy atom. The Hall–Kier alpha value is -0.930. The van der Waals surface area contributed by atoms with Crippen molar-refractivity contribution >= 4 is 22.7 Å². The molecule has 0 bridgehead atoms. The van der Waals surface area contributed by atoms with Gasteiger partial charge in [0, 0.05) is 35.4 Å². The van der Waals surface area contributed by atoms with Crippen molar-refractivity contribution in [1.29, 1.82) is 0 Å². The smallest absolute Gasteiger partial charge is 0.0489 e. The monoisotopic (exact) mass is 262 g/mol. The van der Waals surface area contributed by atoms with Gasteiger partial charge in [0.25, 0.3) is 0 Å². The number of hydrogen-bond acceptors (Lipinski definition) is 2. The molecule has 98 valence electrons. The van der Waals surface area contributed by atoms with Crippen LogP contribution < -0.4 is 5.73 Å². The van der Waals surface area contributed by atoms with Crippen molar-refractivity contribution in [3.05, 3.63) is 35.5 Å². The fraction of sp³-hybridized carbons (Fsp3) is 0.467. The van der Waals surface area contributed by atoms with Crippen LogP contribution in [0.5, 0.6) is 0 Å². The molecule has 0 atom stereocenters. The Balaban J connectivity index is 2.61. The van der Waals surface area contributed by atoms with E-state index >= 15 is 0 Å². The van der Waals surface area contributed by atoms with Crippen molar-refractivity contribution in [2.24, 2.45) is 5.73 Å². The van der Waals surface area contributed by atoms with Gasteiger partial charge < -0.3 is 10.3 Å². The first kappa shape index (κ1) is 13.5.